The molecule has 0 rings (SSSR count). The largest absolute Gasteiger partial charge is 0.508 e. The second kappa shape index (κ2) is 7.73. The molecule has 5 heteroatoms. The third-order valence-corrected chi connectivity index (χ3v) is 1.88. The van der Waals surface area contributed by atoms with Crippen molar-refractivity contribution in [1.29, 1.82) is 0 Å². The first-order valence-corrected chi connectivity index (χ1v) is 5.17. The molecule has 0 radical (unpaired) electrons. The molecule has 0 aromatic carbocycles. The molecule has 1 atom stereocenters. The number of carbonyl (C=O) groups excluding carboxylic acids is 2. The molecule has 0 aromatic rings. The smallest absolute Gasteiger partial charge is 0.463 e. The van der Waals surface area contributed by atoms with E-state index in [1.165, 1.54) is 7.11 Å². The van der Waals surface area contributed by atoms with Crippen molar-refractivity contribution in [2.24, 2.45) is 0 Å². The Hall–Kier alpha value is -1.52. The van der Waals surface area contributed by atoms with Crippen molar-refractivity contribution in [3.8, 4) is 0 Å². The molecule has 0 N–H and O–H groups in total. The Balaban J connectivity index is 4.45. The molecule has 5 nitrogen and oxygen atoms in total. The Morgan fingerprint density at radius 3 is 2.38 bits per heavy atom. The van der Waals surface area contributed by atoms with Crippen molar-refractivity contribution in [2.45, 2.75) is 32.8 Å². The standard InChI is InChI=1S/C11H18O5/c1-5-7-9(16-11(13)14-4)8(3)10(12)15-6-2/h9H,3,5-7H2,1-2,4H3. The van der Waals surface area contributed by atoms with Gasteiger partial charge >= 0.3 is 12.1 Å². The van der Waals surface area contributed by atoms with E-state index in [0.29, 0.717) is 6.42 Å². The fourth-order valence-corrected chi connectivity index (χ4v) is 1.09. The van der Waals surface area contributed by atoms with Gasteiger partial charge in [-0.25, -0.2) is 9.59 Å². The summed E-state index contributed by atoms with van der Waals surface area (Å²) < 4.78 is 14.0. The lowest BCUT2D eigenvalue weighted by molar-refractivity contribution is -0.139. The van der Waals surface area contributed by atoms with Crippen molar-refractivity contribution in [3.05, 3.63) is 12.2 Å². The summed E-state index contributed by atoms with van der Waals surface area (Å²) in [6, 6.07) is 0. The zero-order chi connectivity index (χ0) is 12.6. The molecule has 0 aromatic heterocycles. The van der Waals surface area contributed by atoms with Crippen LogP contribution in [0.4, 0.5) is 4.79 Å². The first kappa shape index (κ1) is 14.5. The van der Waals surface area contributed by atoms with E-state index in [1.54, 1.807) is 6.92 Å². The van der Waals surface area contributed by atoms with E-state index in [4.69, 9.17) is 9.47 Å². The lowest BCUT2D eigenvalue weighted by Crippen LogP contribution is -2.25. The lowest BCUT2D eigenvalue weighted by atomic mass is 10.1. The van der Waals surface area contributed by atoms with Gasteiger partial charge in [0.1, 0.15) is 6.10 Å². The van der Waals surface area contributed by atoms with Crippen LogP contribution in [0, 0.1) is 0 Å². The van der Waals surface area contributed by atoms with E-state index < -0.39 is 18.2 Å². The van der Waals surface area contributed by atoms with E-state index >= 15 is 0 Å². The van der Waals surface area contributed by atoms with Gasteiger partial charge in [0.15, 0.2) is 0 Å². The van der Waals surface area contributed by atoms with Crippen LogP contribution in [0.1, 0.15) is 26.7 Å². The van der Waals surface area contributed by atoms with Gasteiger partial charge in [0, 0.05) is 0 Å². The number of carbonyl (C=O) groups is 2. The molecule has 0 fully saturated rings. The molecular formula is C11H18O5. The molecule has 0 aliphatic rings. The quantitative estimate of drug-likeness (QED) is 0.516. The minimum atomic E-state index is -0.830. The normalized spacial score (nSPS) is 11.4. The summed E-state index contributed by atoms with van der Waals surface area (Å²) in [5.74, 6) is -0.551. The first-order valence-electron chi connectivity index (χ1n) is 5.17. The highest BCUT2D eigenvalue weighted by Crippen LogP contribution is 2.14. The Labute approximate surface area is 95.4 Å². The van der Waals surface area contributed by atoms with Crippen LogP contribution in [-0.2, 0) is 19.0 Å². The van der Waals surface area contributed by atoms with E-state index in [-0.39, 0.29) is 12.2 Å². The molecule has 0 amide bonds. The SMILES string of the molecule is C=C(C(=O)OCC)C(CCC)OC(=O)OC. The van der Waals surface area contributed by atoms with Crippen LogP contribution < -0.4 is 0 Å². The Bertz CT molecular complexity index is 259. The molecule has 92 valence electrons. The van der Waals surface area contributed by atoms with Crippen molar-refractivity contribution in [1.82, 2.24) is 0 Å². The van der Waals surface area contributed by atoms with Gasteiger partial charge in [-0.05, 0) is 13.3 Å². The third kappa shape index (κ3) is 4.82. The highest BCUT2D eigenvalue weighted by Gasteiger charge is 2.23. The highest BCUT2D eigenvalue weighted by atomic mass is 16.7. The molecular weight excluding hydrogens is 212 g/mol. The third-order valence-electron chi connectivity index (χ3n) is 1.88. The van der Waals surface area contributed by atoms with Crippen molar-refractivity contribution in [3.63, 3.8) is 0 Å². The van der Waals surface area contributed by atoms with Gasteiger partial charge in [-0.1, -0.05) is 19.9 Å². The number of hydrogen-bond acceptors (Lipinski definition) is 5. The monoisotopic (exact) mass is 230 g/mol. The van der Waals surface area contributed by atoms with Gasteiger partial charge in [0.25, 0.3) is 0 Å². The van der Waals surface area contributed by atoms with Crippen LogP contribution >= 0.6 is 0 Å². The molecule has 1 unspecified atom stereocenters. The first-order chi connectivity index (χ1) is 7.56. The summed E-state index contributed by atoms with van der Waals surface area (Å²) in [5, 5.41) is 0. The fourth-order valence-electron chi connectivity index (χ4n) is 1.09. The number of methoxy groups -OCH3 is 1. The van der Waals surface area contributed by atoms with Gasteiger partial charge < -0.3 is 14.2 Å². The Morgan fingerprint density at radius 1 is 1.31 bits per heavy atom. The molecule has 0 saturated heterocycles. The molecule has 0 heterocycles. The molecule has 0 saturated carbocycles. The average Bonchev–Trinajstić information content (AvgIpc) is 2.27. The van der Waals surface area contributed by atoms with Crippen LogP contribution in [0.15, 0.2) is 12.2 Å². The molecule has 0 spiro atoms. The number of hydrogen-bond donors (Lipinski definition) is 0. The van der Waals surface area contributed by atoms with Gasteiger partial charge in [-0.15, -0.1) is 0 Å². The lowest BCUT2D eigenvalue weighted by Gasteiger charge is -2.17. The minimum Gasteiger partial charge on any atom is -0.463 e. The maximum atomic E-state index is 11.4. The summed E-state index contributed by atoms with van der Waals surface area (Å²) in [4.78, 5) is 22.3. The van der Waals surface area contributed by atoms with Gasteiger partial charge in [0.05, 0.1) is 19.3 Å². The fraction of sp³-hybridized carbons (Fsp3) is 0.636. The van der Waals surface area contributed by atoms with Crippen molar-refractivity contribution in [2.75, 3.05) is 13.7 Å². The highest BCUT2D eigenvalue weighted by molar-refractivity contribution is 5.89. The summed E-state index contributed by atoms with van der Waals surface area (Å²) in [5.41, 5.74) is 0.133. The van der Waals surface area contributed by atoms with E-state index in [0.717, 1.165) is 6.42 Å². The van der Waals surface area contributed by atoms with E-state index in [1.807, 2.05) is 6.92 Å². The van der Waals surface area contributed by atoms with E-state index in [9.17, 15) is 9.59 Å². The Morgan fingerprint density at radius 2 is 1.94 bits per heavy atom. The number of ether oxygens (including phenoxy) is 3. The van der Waals surface area contributed by atoms with Gasteiger partial charge in [-0.2, -0.15) is 0 Å². The maximum absolute atomic E-state index is 11.4. The summed E-state index contributed by atoms with van der Waals surface area (Å²) in [6.45, 7) is 7.44. The molecule has 0 aliphatic carbocycles. The summed E-state index contributed by atoms with van der Waals surface area (Å²) >= 11 is 0. The van der Waals surface area contributed by atoms with Gasteiger partial charge in [-0.3, -0.25) is 0 Å². The molecule has 16 heavy (non-hydrogen) atoms. The zero-order valence-corrected chi connectivity index (χ0v) is 9.95. The predicted molar refractivity (Wildman–Crippen MR) is 58.0 cm³/mol. The second-order valence-corrected chi connectivity index (χ2v) is 3.10. The Kier molecular flexibility index (Phi) is 7.00. The van der Waals surface area contributed by atoms with Crippen LogP contribution in [0.25, 0.3) is 0 Å². The molecule has 0 aliphatic heterocycles. The maximum Gasteiger partial charge on any atom is 0.508 e. The zero-order valence-electron chi connectivity index (χ0n) is 9.95. The topological polar surface area (TPSA) is 61.8 Å². The van der Waals surface area contributed by atoms with Crippen LogP contribution in [0.2, 0.25) is 0 Å². The van der Waals surface area contributed by atoms with Crippen molar-refractivity contribution >= 4 is 12.1 Å². The van der Waals surface area contributed by atoms with Crippen LogP contribution in [-0.4, -0.2) is 31.9 Å². The van der Waals surface area contributed by atoms with Crippen molar-refractivity contribution < 1.29 is 23.8 Å². The van der Waals surface area contributed by atoms with Crippen LogP contribution in [0.5, 0.6) is 0 Å². The van der Waals surface area contributed by atoms with Crippen LogP contribution in [0.3, 0.4) is 0 Å². The minimum absolute atomic E-state index is 0.133. The average molecular weight is 230 g/mol. The number of esters is 1. The second-order valence-electron chi connectivity index (χ2n) is 3.10. The number of rotatable bonds is 6. The molecule has 0 bridgehead atoms. The van der Waals surface area contributed by atoms with Gasteiger partial charge in [0.2, 0.25) is 0 Å². The predicted octanol–water partition coefficient (Wildman–Crippen LogP) is 2.06. The van der Waals surface area contributed by atoms with E-state index in [2.05, 4.69) is 11.3 Å². The summed E-state index contributed by atoms with van der Waals surface area (Å²) in [7, 11) is 1.21. The summed E-state index contributed by atoms with van der Waals surface area (Å²) in [6.07, 6.45) is -0.257.